The third-order valence-electron chi connectivity index (χ3n) is 3.48. The highest BCUT2D eigenvalue weighted by Crippen LogP contribution is 2.36. The van der Waals surface area contributed by atoms with Crippen molar-refractivity contribution in [3.05, 3.63) is 52.8 Å². The zero-order chi connectivity index (χ0) is 15.0. The van der Waals surface area contributed by atoms with Crippen molar-refractivity contribution in [2.45, 2.75) is 12.7 Å². The molecule has 0 fully saturated rings. The van der Waals surface area contributed by atoms with Crippen LogP contribution in [0.1, 0.15) is 22.5 Å². The monoisotopic (exact) mass is 293 g/mol. The van der Waals surface area contributed by atoms with Gasteiger partial charge in [-0.2, -0.15) is 18.3 Å². The predicted octanol–water partition coefficient (Wildman–Crippen LogP) is 3.08. The van der Waals surface area contributed by atoms with Crippen LogP contribution in [-0.4, -0.2) is 16.3 Å². The van der Waals surface area contributed by atoms with Gasteiger partial charge in [-0.05, 0) is 17.2 Å². The first-order chi connectivity index (χ1) is 9.97. The number of nitrogens with zero attached hydrogens (tertiary/aromatic N) is 2. The Balaban J connectivity index is 2.11. The lowest BCUT2D eigenvalue weighted by Crippen LogP contribution is -2.25. The lowest BCUT2D eigenvalue weighted by atomic mass is 9.99. The molecule has 0 saturated carbocycles. The number of hydrogen-bond donors (Lipinski definition) is 1. The van der Waals surface area contributed by atoms with Crippen LogP contribution >= 0.6 is 0 Å². The second kappa shape index (κ2) is 5.04. The van der Waals surface area contributed by atoms with Crippen molar-refractivity contribution in [1.82, 2.24) is 15.1 Å². The highest BCUT2D eigenvalue weighted by molar-refractivity contribution is 5.83. The summed E-state index contributed by atoms with van der Waals surface area (Å²) in [5.41, 5.74) is 1.75. The van der Waals surface area contributed by atoms with E-state index < -0.39 is 11.9 Å². The van der Waals surface area contributed by atoms with Crippen molar-refractivity contribution in [2.24, 2.45) is 7.05 Å². The largest absolute Gasteiger partial charge is 0.435 e. The van der Waals surface area contributed by atoms with E-state index in [0.29, 0.717) is 12.2 Å². The summed E-state index contributed by atoms with van der Waals surface area (Å²) in [5.74, 6) is 0. The van der Waals surface area contributed by atoms with Gasteiger partial charge in [-0.15, -0.1) is 0 Å². The Morgan fingerprint density at radius 2 is 1.90 bits per heavy atom. The number of benzene rings is 1. The van der Waals surface area contributed by atoms with E-state index in [2.05, 4.69) is 10.4 Å². The zero-order valence-electron chi connectivity index (χ0n) is 11.4. The highest BCUT2D eigenvalue weighted by Gasteiger charge is 2.39. The molecule has 0 radical (unpaired) electrons. The Labute approximate surface area is 120 Å². The normalized spacial score (nSPS) is 17.0. The molecular weight excluding hydrogens is 279 g/mol. The first-order valence-corrected chi connectivity index (χ1v) is 6.56. The SMILES string of the molecule is Cn1nc(C(F)(F)F)c2c1C(=Cc1ccccc1)CNC2. The number of alkyl halides is 3. The van der Waals surface area contributed by atoms with Gasteiger partial charge in [-0.1, -0.05) is 30.3 Å². The fourth-order valence-electron chi connectivity index (χ4n) is 2.64. The Morgan fingerprint density at radius 1 is 1.19 bits per heavy atom. The minimum atomic E-state index is -4.43. The Bertz CT molecular complexity index is 684. The molecule has 21 heavy (non-hydrogen) atoms. The molecule has 2 heterocycles. The number of halogens is 3. The van der Waals surface area contributed by atoms with Crippen molar-refractivity contribution in [1.29, 1.82) is 0 Å². The molecule has 1 aromatic carbocycles. The average Bonchev–Trinajstić information content (AvgIpc) is 2.79. The van der Waals surface area contributed by atoms with Gasteiger partial charge in [-0.25, -0.2) is 0 Å². The Morgan fingerprint density at radius 3 is 2.57 bits per heavy atom. The van der Waals surface area contributed by atoms with E-state index in [9.17, 15) is 13.2 Å². The van der Waals surface area contributed by atoms with Crippen LogP contribution in [0.2, 0.25) is 0 Å². The maximum atomic E-state index is 13.0. The van der Waals surface area contributed by atoms with Crippen LogP contribution in [-0.2, 0) is 19.8 Å². The summed E-state index contributed by atoms with van der Waals surface area (Å²) >= 11 is 0. The van der Waals surface area contributed by atoms with Crippen molar-refractivity contribution in [3.8, 4) is 0 Å². The van der Waals surface area contributed by atoms with Crippen LogP contribution in [0, 0.1) is 0 Å². The second-order valence-corrected chi connectivity index (χ2v) is 4.98. The molecule has 0 bridgehead atoms. The van der Waals surface area contributed by atoms with Gasteiger partial charge in [0.05, 0.1) is 5.69 Å². The van der Waals surface area contributed by atoms with E-state index >= 15 is 0 Å². The lowest BCUT2D eigenvalue weighted by Gasteiger charge is -2.18. The molecule has 0 amide bonds. The van der Waals surface area contributed by atoms with E-state index in [1.165, 1.54) is 4.68 Å². The summed E-state index contributed by atoms with van der Waals surface area (Å²) in [6.45, 7) is 0.711. The van der Waals surface area contributed by atoms with Crippen LogP contribution in [0.5, 0.6) is 0 Å². The first kappa shape index (κ1) is 13.9. The molecule has 1 aliphatic heterocycles. The van der Waals surface area contributed by atoms with Crippen LogP contribution in [0.4, 0.5) is 13.2 Å². The van der Waals surface area contributed by atoms with Crippen molar-refractivity contribution >= 4 is 11.6 Å². The fraction of sp³-hybridized carbons (Fsp3) is 0.267. The number of aromatic nitrogens is 2. The second-order valence-electron chi connectivity index (χ2n) is 4.98. The van der Waals surface area contributed by atoms with Crippen LogP contribution in [0.25, 0.3) is 11.6 Å². The van der Waals surface area contributed by atoms with Gasteiger partial charge in [-0.3, -0.25) is 4.68 Å². The van der Waals surface area contributed by atoms with Gasteiger partial charge in [0.2, 0.25) is 0 Å². The van der Waals surface area contributed by atoms with Crippen molar-refractivity contribution < 1.29 is 13.2 Å². The molecule has 0 spiro atoms. The third kappa shape index (κ3) is 2.58. The molecule has 3 nitrogen and oxygen atoms in total. The fourth-order valence-corrected chi connectivity index (χ4v) is 2.64. The van der Waals surface area contributed by atoms with Gasteiger partial charge in [0, 0.05) is 25.7 Å². The molecule has 110 valence electrons. The maximum absolute atomic E-state index is 13.0. The van der Waals surface area contributed by atoms with Gasteiger partial charge in [0.25, 0.3) is 0 Å². The minimum absolute atomic E-state index is 0.185. The molecular formula is C15H14F3N3. The summed E-state index contributed by atoms with van der Waals surface area (Å²) in [4.78, 5) is 0. The summed E-state index contributed by atoms with van der Waals surface area (Å²) in [6.07, 6.45) is -2.53. The molecule has 0 saturated heterocycles. The lowest BCUT2D eigenvalue weighted by molar-refractivity contribution is -0.142. The van der Waals surface area contributed by atoms with Gasteiger partial charge >= 0.3 is 6.18 Å². The topological polar surface area (TPSA) is 29.9 Å². The van der Waals surface area contributed by atoms with E-state index in [0.717, 1.165) is 11.1 Å². The van der Waals surface area contributed by atoms with Gasteiger partial charge in [0.15, 0.2) is 5.69 Å². The molecule has 0 unspecified atom stereocenters. The summed E-state index contributed by atoms with van der Waals surface area (Å²) in [6, 6.07) is 9.53. The van der Waals surface area contributed by atoms with E-state index in [1.54, 1.807) is 7.05 Å². The summed E-state index contributed by atoms with van der Waals surface area (Å²) in [7, 11) is 1.55. The van der Waals surface area contributed by atoms with Gasteiger partial charge in [0.1, 0.15) is 0 Å². The molecule has 0 aliphatic carbocycles. The Hall–Kier alpha value is -2.08. The summed E-state index contributed by atoms with van der Waals surface area (Å²) < 4.78 is 40.4. The van der Waals surface area contributed by atoms with Crippen LogP contribution in [0.15, 0.2) is 30.3 Å². The zero-order valence-corrected chi connectivity index (χ0v) is 11.4. The van der Waals surface area contributed by atoms with E-state index in [-0.39, 0.29) is 12.1 Å². The number of aryl methyl sites for hydroxylation is 1. The molecule has 3 rings (SSSR count). The molecule has 1 aliphatic rings. The highest BCUT2D eigenvalue weighted by atomic mass is 19.4. The standard InChI is InChI=1S/C15H14F3N3/c1-21-13-11(7-10-5-3-2-4-6-10)8-19-9-12(13)14(20-21)15(16,17)18/h2-7,19H,8-9H2,1H3. The number of fused-ring (bicyclic) bond motifs is 1. The quantitative estimate of drug-likeness (QED) is 0.875. The van der Waals surface area contributed by atoms with Crippen LogP contribution < -0.4 is 5.32 Å². The van der Waals surface area contributed by atoms with Crippen molar-refractivity contribution in [2.75, 3.05) is 6.54 Å². The van der Waals surface area contributed by atoms with Crippen LogP contribution in [0.3, 0.4) is 0 Å². The maximum Gasteiger partial charge on any atom is 0.435 e. The summed E-state index contributed by atoms with van der Waals surface area (Å²) in [5, 5.41) is 6.68. The minimum Gasteiger partial charge on any atom is -0.308 e. The molecule has 1 aromatic heterocycles. The van der Waals surface area contributed by atoms with E-state index in [1.807, 2.05) is 36.4 Å². The predicted molar refractivity (Wildman–Crippen MR) is 74.2 cm³/mol. The molecule has 1 N–H and O–H groups in total. The molecule has 0 atom stereocenters. The number of nitrogens with one attached hydrogen (secondary N) is 1. The Kier molecular flexibility index (Phi) is 3.33. The molecule has 2 aromatic rings. The number of hydrogen-bond acceptors (Lipinski definition) is 2. The van der Waals surface area contributed by atoms with E-state index in [4.69, 9.17) is 0 Å². The molecule has 6 heteroatoms. The smallest absolute Gasteiger partial charge is 0.308 e. The third-order valence-corrected chi connectivity index (χ3v) is 3.48. The van der Waals surface area contributed by atoms with Crippen molar-refractivity contribution in [3.63, 3.8) is 0 Å². The average molecular weight is 293 g/mol. The number of rotatable bonds is 1. The first-order valence-electron chi connectivity index (χ1n) is 6.56. The van der Waals surface area contributed by atoms with Gasteiger partial charge < -0.3 is 5.32 Å².